The zero-order valence-electron chi connectivity index (χ0n) is 11.3. The molecule has 1 saturated heterocycles. The molecule has 1 aliphatic carbocycles. The van der Waals surface area contributed by atoms with Gasteiger partial charge in [-0.2, -0.15) is 0 Å². The van der Waals surface area contributed by atoms with Crippen LogP contribution >= 0.6 is 0 Å². The molecule has 2 fully saturated rings. The van der Waals surface area contributed by atoms with E-state index in [-0.39, 0.29) is 6.04 Å². The van der Waals surface area contributed by atoms with Gasteiger partial charge in [-0.3, -0.25) is 4.90 Å². The van der Waals surface area contributed by atoms with Crippen LogP contribution in [0.2, 0.25) is 0 Å². The van der Waals surface area contributed by atoms with Crippen molar-refractivity contribution in [3.8, 4) is 0 Å². The molecule has 0 spiro atoms. The van der Waals surface area contributed by atoms with Gasteiger partial charge in [-0.1, -0.05) is 31.2 Å². The van der Waals surface area contributed by atoms with E-state index in [1.807, 2.05) is 0 Å². The van der Waals surface area contributed by atoms with E-state index in [1.54, 1.807) is 0 Å². The van der Waals surface area contributed by atoms with Crippen LogP contribution in [0.1, 0.15) is 43.4 Å². The minimum atomic E-state index is 0.176. The van der Waals surface area contributed by atoms with Gasteiger partial charge in [0.05, 0.1) is 0 Å². The van der Waals surface area contributed by atoms with Crippen LogP contribution in [0.3, 0.4) is 0 Å². The Balaban J connectivity index is 1.62. The van der Waals surface area contributed by atoms with Gasteiger partial charge in [0, 0.05) is 25.2 Å². The van der Waals surface area contributed by atoms with Crippen molar-refractivity contribution in [2.45, 2.75) is 44.7 Å². The molecule has 1 aliphatic heterocycles. The summed E-state index contributed by atoms with van der Waals surface area (Å²) in [6, 6.07) is 9.85. The molecule has 2 aliphatic rings. The van der Waals surface area contributed by atoms with E-state index < -0.39 is 0 Å². The van der Waals surface area contributed by atoms with Gasteiger partial charge in [0.1, 0.15) is 0 Å². The lowest BCUT2D eigenvalue weighted by Crippen LogP contribution is -2.37. The molecule has 0 radical (unpaired) electrons. The minimum absolute atomic E-state index is 0.176. The van der Waals surface area contributed by atoms with Crippen molar-refractivity contribution >= 4 is 0 Å². The third-order valence-electron chi connectivity index (χ3n) is 4.77. The van der Waals surface area contributed by atoms with Crippen molar-refractivity contribution in [2.75, 3.05) is 13.1 Å². The van der Waals surface area contributed by atoms with E-state index in [0.717, 1.165) is 24.9 Å². The molecule has 98 valence electrons. The lowest BCUT2D eigenvalue weighted by molar-refractivity contribution is 0.202. The number of nitrogens with two attached hydrogens (primary N) is 1. The summed E-state index contributed by atoms with van der Waals surface area (Å²) in [6.45, 7) is 4.51. The number of rotatable bonds is 4. The Bertz CT molecular complexity index is 398. The summed E-state index contributed by atoms with van der Waals surface area (Å²) in [7, 11) is 0. The van der Waals surface area contributed by atoms with Gasteiger partial charge in [-0.05, 0) is 42.7 Å². The topological polar surface area (TPSA) is 29.3 Å². The maximum absolute atomic E-state index is 6.36. The molecule has 3 rings (SSSR count). The van der Waals surface area contributed by atoms with Crippen LogP contribution in [0.25, 0.3) is 0 Å². The van der Waals surface area contributed by atoms with Crippen LogP contribution in [0, 0.1) is 5.92 Å². The maximum atomic E-state index is 6.36. The van der Waals surface area contributed by atoms with Crippen molar-refractivity contribution in [3.63, 3.8) is 0 Å². The van der Waals surface area contributed by atoms with E-state index in [0.29, 0.717) is 0 Å². The van der Waals surface area contributed by atoms with Gasteiger partial charge in [-0.15, -0.1) is 0 Å². The Kier molecular flexibility index (Phi) is 3.40. The predicted molar refractivity (Wildman–Crippen MR) is 75.5 cm³/mol. The van der Waals surface area contributed by atoms with Crippen molar-refractivity contribution in [1.82, 2.24) is 4.90 Å². The first kappa shape index (κ1) is 12.2. The van der Waals surface area contributed by atoms with Crippen LogP contribution in [0.4, 0.5) is 0 Å². The summed E-state index contributed by atoms with van der Waals surface area (Å²) >= 11 is 0. The quantitative estimate of drug-likeness (QED) is 0.882. The largest absolute Gasteiger partial charge is 0.323 e. The average molecular weight is 244 g/mol. The number of hydrogen-bond donors (Lipinski definition) is 1. The molecule has 2 N–H and O–H groups in total. The van der Waals surface area contributed by atoms with E-state index >= 15 is 0 Å². The molecule has 1 aromatic rings. The Labute approximate surface area is 110 Å². The highest BCUT2D eigenvalue weighted by molar-refractivity contribution is 5.25. The number of aryl methyl sites for hydroxylation is 1. The van der Waals surface area contributed by atoms with E-state index in [1.165, 1.54) is 36.9 Å². The summed E-state index contributed by atoms with van der Waals surface area (Å²) in [6.07, 6.45) is 5.36. The van der Waals surface area contributed by atoms with Crippen molar-refractivity contribution in [3.05, 3.63) is 35.4 Å². The van der Waals surface area contributed by atoms with Gasteiger partial charge in [-0.25, -0.2) is 0 Å². The van der Waals surface area contributed by atoms with Crippen molar-refractivity contribution < 1.29 is 0 Å². The van der Waals surface area contributed by atoms with Gasteiger partial charge < -0.3 is 5.73 Å². The SMILES string of the molecule is CCc1ccc(C(N)CN2CC3CCC2C3)cc1. The van der Waals surface area contributed by atoms with Crippen LogP contribution in [-0.2, 0) is 6.42 Å². The van der Waals surface area contributed by atoms with Crippen molar-refractivity contribution in [2.24, 2.45) is 11.7 Å². The van der Waals surface area contributed by atoms with Gasteiger partial charge in [0.25, 0.3) is 0 Å². The highest BCUT2D eigenvalue weighted by Crippen LogP contribution is 2.37. The zero-order chi connectivity index (χ0) is 12.5. The Morgan fingerprint density at radius 2 is 2.06 bits per heavy atom. The molecule has 1 aromatic carbocycles. The molecular weight excluding hydrogens is 220 g/mol. The molecular formula is C16H24N2. The summed E-state index contributed by atoms with van der Waals surface area (Å²) in [4.78, 5) is 2.62. The highest BCUT2D eigenvalue weighted by atomic mass is 15.2. The lowest BCUT2D eigenvalue weighted by Gasteiger charge is -2.29. The van der Waals surface area contributed by atoms with E-state index in [9.17, 15) is 0 Å². The Morgan fingerprint density at radius 3 is 2.61 bits per heavy atom. The third-order valence-corrected chi connectivity index (χ3v) is 4.77. The predicted octanol–water partition coefficient (Wildman–Crippen LogP) is 2.73. The smallest absolute Gasteiger partial charge is 0.0424 e. The number of fused-ring (bicyclic) bond motifs is 2. The van der Waals surface area contributed by atoms with E-state index in [4.69, 9.17) is 5.73 Å². The number of piperidine rings is 1. The second-order valence-electron chi connectivity index (χ2n) is 5.99. The summed E-state index contributed by atoms with van der Waals surface area (Å²) in [5, 5.41) is 0. The maximum Gasteiger partial charge on any atom is 0.0424 e. The molecule has 1 heterocycles. The van der Waals surface area contributed by atoms with Crippen LogP contribution in [0.5, 0.6) is 0 Å². The van der Waals surface area contributed by atoms with Crippen LogP contribution in [0.15, 0.2) is 24.3 Å². The Hall–Kier alpha value is -0.860. The third kappa shape index (κ3) is 2.32. The molecule has 2 bridgehead atoms. The number of benzene rings is 1. The fourth-order valence-electron chi connectivity index (χ4n) is 3.61. The number of nitrogens with zero attached hydrogens (tertiary/aromatic N) is 1. The van der Waals surface area contributed by atoms with Crippen molar-refractivity contribution in [1.29, 1.82) is 0 Å². The monoisotopic (exact) mass is 244 g/mol. The molecule has 18 heavy (non-hydrogen) atoms. The number of hydrogen-bond acceptors (Lipinski definition) is 2. The summed E-state index contributed by atoms with van der Waals surface area (Å²) < 4.78 is 0. The van der Waals surface area contributed by atoms with Gasteiger partial charge in [0.15, 0.2) is 0 Å². The summed E-state index contributed by atoms with van der Waals surface area (Å²) in [5.41, 5.74) is 9.04. The normalized spacial score (nSPS) is 28.8. The number of likely N-dealkylation sites (tertiary alicyclic amines) is 1. The highest BCUT2D eigenvalue weighted by Gasteiger charge is 2.37. The molecule has 0 amide bonds. The fraction of sp³-hybridized carbons (Fsp3) is 0.625. The molecule has 2 nitrogen and oxygen atoms in total. The molecule has 3 atom stereocenters. The second-order valence-corrected chi connectivity index (χ2v) is 5.99. The molecule has 2 heteroatoms. The second kappa shape index (κ2) is 5.02. The van der Waals surface area contributed by atoms with Crippen LogP contribution in [-0.4, -0.2) is 24.0 Å². The fourth-order valence-corrected chi connectivity index (χ4v) is 3.61. The van der Waals surface area contributed by atoms with E-state index in [2.05, 4.69) is 36.1 Å². The lowest BCUT2D eigenvalue weighted by atomic mass is 10.0. The first-order valence-electron chi connectivity index (χ1n) is 7.34. The standard InChI is InChI=1S/C16H24N2/c1-2-12-3-6-14(7-4-12)16(17)11-18-10-13-5-8-15(18)9-13/h3-4,6-7,13,15-16H,2,5,8-11,17H2,1H3. The molecule has 1 saturated carbocycles. The van der Waals surface area contributed by atoms with Gasteiger partial charge >= 0.3 is 0 Å². The first-order valence-corrected chi connectivity index (χ1v) is 7.34. The minimum Gasteiger partial charge on any atom is -0.323 e. The zero-order valence-corrected chi connectivity index (χ0v) is 11.3. The average Bonchev–Trinajstić information content (AvgIpc) is 3.01. The summed E-state index contributed by atoms with van der Waals surface area (Å²) in [5.74, 6) is 0.963. The van der Waals surface area contributed by atoms with Crippen LogP contribution < -0.4 is 5.73 Å². The van der Waals surface area contributed by atoms with Gasteiger partial charge in [0.2, 0.25) is 0 Å². The molecule has 3 unspecified atom stereocenters. The first-order chi connectivity index (χ1) is 8.76. The molecule has 0 aromatic heterocycles. The Morgan fingerprint density at radius 1 is 1.28 bits per heavy atom.